The first-order valence-electron chi connectivity index (χ1n) is 9.13. The first kappa shape index (κ1) is 19.3. The lowest BCUT2D eigenvalue weighted by atomic mass is 9.89. The molecule has 0 saturated carbocycles. The Hall–Kier alpha value is -2.50. The lowest BCUT2D eigenvalue weighted by Crippen LogP contribution is -2.49. The monoisotopic (exact) mass is 368 g/mol. The van der Waals surface area contributed by atoms with Crippen LogP contribution >= 0.6 is 0 Å². The molecule has 1 unspecified atom stereocenters. The van der Waals surface area contributed by atoms with Gasteiger partial charge in [-0.3, -0.25) is 4.79 Å². The highest BCUT2D eigenvalue weighted by atomic mass is 19.1. The smallest absolute Gasteiger partial charge is 0.167 e. The molecule has 27 heavy (non-hydrogen) atoms. The molecule has 4 nitrogen and oxygen atoms in total. The number of hydrogen-bond acceptors (Lipinski definition) is 4. The van der Waals surface area contributed by atoms with Crippen LogP contribution in [0.2, 0.25) is 0 Å². The summed E-state index contributed by atoms with van der Waals surface area (Å²) in [6.07, 6.45) is 3.13. The van der Waals surface area contributed by atoms with Crippen molar-refractivity contribution in [3.8, 4) is 5.75 Å². The van der Waals surface area contributed by atoms with Crippen LogP contribution in [-0.2, 0) is 11.2 Å². The zero-order valence-electron chi connectivity index (χ0n) is 15.7. The van der Waals surface area contributed by atoms with Crippen molar-refractivity contribution in [1.82, 2.24) is 10.6 Å². The standard InChI is InChI=1S/C22H25FN2O2/c1-24-19(12-15-6-4-3-5-7-15)22(26)20-13-16(10-11-25-20)18-14-17(23)8-9-21(18)27-2/h3-10,14,19-20,24-25H,11-13H2,1-2H3/t19-,20?/m1/s1. The van der Waals surface area contributed by atoms with Gasteiger partial charge in [0.25, 0.3) is 0 Å². The number of carbonyl (C=O) groups is 1. The van der Waals surface area contributed by atoms with Crippen molar-refractivity contribution in [3.63, 3.8) is 0 Å². The second kappa shape index (κ2) is 8.93. The van der Waals surface area contributed by atoms with E-state index in [1.54, 1.807) is 20.2 Å². The van der Waals surface area contributed by atoms with Crippen LogP contribution in [0.3, 0.4) is 0 Å². The van der Waals surface area contributed by atoms with Gasteiger partial charge in [-0.15, -0.1) is 0 Å². The van der Waals surface area contributed by atoms with Gasteiger partial charge in [-0.25, -0.2) is 4.39 Å². The van der Waals surface area contributed by atoms with Crippen molar-refractivity contribution >= 4 is 11.4 Å². The van der Waals surface area contributed by atoms with E-state index in [0.29, 0.717) is 30.7 Å². The number of benzene rings is 2. The maximum absolute atomic E-state index is 13.7. The lowest BCUT2D eigenvalue weighted by Gasteiger charge is -2.27. The average Bonchev–Trinajstić information content (AvgIpc) is 2.72. The van der Waals surface area contributed by atoms with E-state index >= 15 is 0 Å². The summed E-state index contributed by atoms with van der Waals surface area (Å²) in [6, 6.07) is 13.8. The molecule has 2 aromatic rings. The maximum Gasteiger partial charge on any atom is 0.167 e. The van der Waals surface area contributed by atoms with Crippen LogP contribution in [0.4, 0.5) is 4.39 Å². The number of likely N-dealkylation sites (N-methyl/N-ethyl adjacent to an activating group) is 1. The summed E-state index contributed by atoms with van der Waals surface area (Å²) in [4.78, 5) is 13.1. The molecule has 3 rings (SSSR count). The molecule has 2 N–H and O–H groups in total. The predicted molar refractivity (Wildman–Crippen MR) is 105 cm³/mol. The van der Waals surface area contributed by atoms with Gasteiger partial charge in [-0.1, -0.05) is 36.4 Å². The summed E-state index contributed by atoms with van der Waals surface area (Å²) in [6.45, 7) is 0.563. The number of carbonyl (C=O) groups excluding carboxylic acids is 1. The second-order valence-electron chi connectivity index (χ2n) is 6.67. The molecular formula is C22H25FN2O2. The molecule has 1 aliphatic rings. The largest absolute Gasteiger partial charge is 0.496 e. The number of halogens is 1. The number of Topliss-reactive ketones (excluding diaryl/α,β-unsaturated/α-hetero) is 1. The third-order valence-electron chi connectivity index (χ3n) is 4.96. The second-order valence-corrected chi connectivity index (χ2v) is 6.67. The van der Waals surface area contributed by atoms with Crippen molar-refractivity contribution in [1.29, 1.82) is 0 Å². The highest BCUT2D eigenvalue weighted by Crippen LogP contribution is 2.31. The molecule has 0 radical (unpaired) electrons. The molecule has 5 heteroatoms. The Morgan fingerprint density at radius 2 is 2.07 bits per heavy atom. The van der Waals surface area contributed by atoms with Gasteiger partial charge in [0.15, 0.2) is 5.78 Å². The molecule has 0 aliphatic carbocycles. The minimum Gasteiger partial charge on any atom is -0.496 e. The topological polar surface area (TPSA) is 50.4 Å². The van der Waals surface area contributed by atoms with Gasteiger partial charge in [0.1, 0.15) is 11.6 Å². The molecule has 1 heterocycles. The van der Waals surface area contributed by atoms with Gasteiger partial charge < -0.3 is 15.4 Å². The molecule has 2 aromatic carbocycles. The summed E-state index contributed by atoms with van der Waals surface area (Å²) in [5, 5.41) is 6.41. The summed E-state index contributed by atoms with van der Waals surface area (Å²) in [5.74, 6) is 0.415. The van der Waals surface area contributed by atoms with Gasteiger partial charge >= 0.3 is 0 Å². The summed E-state index contributed by atoms with van der Waals surface area (Å²) >= 11 is 0. The van der Waals surface area contributed by atoms with Crippen molar-refractivity contribution < 1.29 is 13.9 Å². The fourth-order valence-electron chi connectivity index (χ4n) is 3.49. The quantitative estimate of drug-likeness (QED) is 0.789. The lowest BCUT2D eigenvalue weighted by molar-refractivity contribution is -0.122. The van der Waals surface area contributed by atoms with E-state index in [4.69, 9.17) is 4.74 Å². The zero-order chi connectivity index (χ0) is 19.2. The first-order chi connectivity index (χ1) is 13.1. The molecule has 142 valence electrons. The molecule has 0 aromatic heterocycles. The molecule has 0 saturated heterocycles. The number of ether oxygens (including phenoxy) is 1. The van der Waals surface area contributed by atoms with Crippen molar-refractivity contribution in [2.24, 2.45) is 0 Å². The van der Waals surface area contributed by atoms with Gasteiger partial charge in [0, 0.05) is 12.1 Å². The Kier molecular flexibility index (Phi) is 6.37. The van der Waals surface area contributed by atoms with E-state index in [2.05, 4.69) is 10.6 Å². The van der Waals surface area contributed by atoms with Crippen LogP contribution < -0.4 is 15.4 Å². The van der Waals surface area contributed by atoms with Crippen LogP contribution in [-0.4, -0.2) is 38.6 Å². The number of rotatable bonds is 7. The highest BCUT2D eigenvalue weighted by molar-refractivity contribution is 5.92. The van der Waals surface area contributed by atoms with Gasteiger partial charge in [-0.2, -0.15) is 0 Å². The Balaban J connectivity index is 1.75. The van der Waals surface area contributed by atoms with Crippen molar-refractivity contribution in [2.45, 2.75) is 24.9 Å². The number of nitrogens with one attached hydrogen (secondary N) is 2. The Morgan fingerprint density at radius 1 is 1.30 bits per heavy atom. The van der Waals surface area contributed by atoms with Crippen LogP contribution in [0.5, 0.6) is 5.75 Å². The third kappa shape index (κ3) is 4.62. The van der Waals surface area contributed by atoms with Crippen molar-refractivity contribution in [3.05, 3.63) is 71.6 Å². The van der Waals surface area contributed by atoms with Crippen LogP contribution in [0.1, 0.15) is 17.5 Å². The molecule has 0 fully saturated rings. The maximum atomic E-state index is 13.7. The van der Waals surface area contributed by atoms with Gasteiger partial charge in [-0.05, 0) is 49.2 Å². The Labute approximate surface area is 159 Å². The summed E-state index contributed by atoms with van der Waals surface area (Å²) in [5.41, 5.74) is 2.75. The van der Waals surface area contributed by atoms with Crippen LogP contribution in [0, 0.1) is 5.82 Å². The highest BCUT2D eigenvalue weighted by Gasteiger charge is 2.29. The van der Waals surface area contributed by atoms with E-state index < -0.39 is 0 Å². The van der Waals surface area contributed by atoms with Gasteiger partial charge in [0.2, 0.25) is 0 Å². The van der Waals surface area contributed by atoms with Crippen LogP contribution in [0.25, 0.3) is 5.57 Å². The minimum absolute atomic E-state index is 0.113. The molecule has 0 amide bonds. The molecule has 1 aliphatic heterocycles. The first-order valence-corrected chi connectivity index (χ1v) is 9.13. The summed E-state index contributed by atoms with van der Waals surface area (Å²) < 4.78 is 19.1. The van der Waals surface area contributed by atoms with E-state index in [0.717, 1.165) is 11.1 Å². The van der Waals surface area contributed by atoms with E-state index in [1.165, 1.54) is 12.1 Å². The Morgan fingerprint density at radius 3 is 2.78 bits per heavy atom. The number of ketones is 1. The fourth-order valence-corrected chi connectivity index (χ4v) is 3.49. The molecule has 0 bridgehead atoms. The third-order valence-corrected chi connectivity index (χ3v) is 4.96. The normalized spacial score (nSPS) is 17.9. The Bertz CT molecular complexity index is 820. The van der Waals surface area contributed by atoms with Crippen LogP contribution in [0.15, 0.2) is 54.6 Å². The zero-order valence-corrected chi connectivity index (χ0v) is 15.7. The van der Waals surface area contributed by atoms with Gasteiger partial charge in [0.05, 0.1) is 19.2 Å². The number of hydrogen-bond donors (Lipinski definition) is 2. The average molecular weight is 368 g/mol. The molecular weight excluding hydrogens is 343 g/mol. The van der Waals surface area contributed by atoms with E-state index in [9.17, 15) is 9.18 Å². The fraction of sp³-hybridized carbons (Fsp3) is 0.318. The molecule has 0 spiro atoms. The number of methoxy groups -OCH3 is 1. The summed E-state index contributed by atoms with van der Waals surface area (Å²) in [7, 11) is 3.37. The molecule has 2 atom stereocenters. The SMILES string of the molecule is CN[C@H](Cc1ccccc1)C(=O)C1CC(c2cc(F)ccc2OC)=CCN1. The van der Waals surface area contributed by atoms with Crippen molar-refractivity contribution in [2.75, 3.05) is 20.7 Å². The minimum atomic E-state index is -0.320. The van der Waals surface area contributed by atoms with E-state index in [1.807, 2.05) is 36.4 Å². The van der Waals surface area contributed by atoms with E-state index in [-0.39, 0.29) is 23.7 Å². The predicted octanol–water partition coefficient (Wildman–Crippen LogP) is 2.98.